The molecule has 1 N–H and O–H groups in total. The van der Waals surface area contributed by atoms with Crippen LogP contribution in [0.15, 0.2) is 12.1 Å². The summed E-state index contributed by atoms with van der Waals surface area (Å²) in [5.41, 5.74) is 0.505. The molecule has 2 aliphatic rings. The molecule has 1 amide bonds. The normalized spacial score (nSPS) is 18.0. The summed E-state index contributed by atoms with van der Waals surface area (Å²) in [6.07, 6.45) is 5.15. The molecule has 5 nitrogen and oxygen atoms in total. The van der Waals surface area contributed by atoms with Crippen LogP contribution in [0, 0.1) is 0 Å². The topological polar surface area (TPSA) is 50.8 Å². The Labute approximate surface area is 135 Å². The third-order valence-electron chi connectivity index (χ3n) is 4.10. The van der Waals surface area contributed by atoms with Gasteiger partial charge in [-0.3, -0.25) is 4.79 Å². The van der Waals surface area contributed by atoms with Crippen molar-refractivity contribution >= 4 is 17.5 Å². The van der Waals surface area contributed by atoms with Crippen LogP contribution in [-0.2, 0) is 0 Å². The molecular weight excluding hydrogens is 304 g/mol. The van der Waals surface area contributed by atoms with Crippen molar-refractivity contribution in [1.82, 2.24) is 10.2 Å². The Bertz CT molecular complexity index is 542. The molecular formula is C16H21ClN2O3. The summed E-state index contributed by atoms with van der Waals surface area (Å²) in [5.74, 6) is 0.919. The van der Waals surface area contributed by atoms with E-state index < -0.39 is 0 Å². The molecule has 120 valence electrons. The predicted molar refractivity (Wildman–Crippen MR) is 84.8 cm³/mol. The first-order chi connectivity index (χ1) is 10.7. The summed E-state index contributed by atoms with van der Waals surface area (Å²) in [4.78, 5) is 14.6. The molecule has 1 aromatic carbocycles. The van der Waals surface area contributed by atoms with Crippen LogP contribution in [-0.4, -0.2) is 43.8 Å². The van der Waals surface area contributed by atoms with E-state index in [1.54, 1.807) is 12.1 Å². The first kappa shape index (κ1) is 15.4. The molecule has 2 aliphatic heterocycles. The van der Waals surface area contributed by atoms with Crippen molar-refractivity contribution in [2.24, 2.45) is 0 Å². The zero-order valence-electron chi connectivity index (χ0n) is 12.6. The third-order valence-corrected chi connectivity index (χ3v) is 4.38. The van der Waals surface area contributed by atoms with Gasteiger partial charge in [-0.2, -0.15) is 0 Å². The lowest BCUT2D eigenvalue weighted by molar-refractivity contribution is 0.0948. The second-order valence-corrected chi connectivity index (χ2v) is 6.11. The van der Waals surface area contributed by atoms with Crippen molar-refractivity contribution in [1.29, 1.82) is 0 Å². The number of rotatable bonds is 4. The summed E-state index contributed by atoms with van der Waals surface area (Å²) < 4.78 is 10.5. The Hall–Kier alpha value is -1.46. The monoisotopic (exact) mass is 324 g/mol. The van der Waals surface area contributed by atoms with Crippen molar-refractivity contribution < 1.29 is 14.3 Å². The van der Waals surface area contributed by atoms with Gasteiger partial charge >= 0.3 is 0 Å². The Morgan fingerprint density at radius 2 is 1.95 bits per heavy atom. The third kappa shape index (κ3) is 3.65. The number of hydrogen-bond acceptors (Lipinski definition) is 4. The van der Waals surface area contributed by atoms with E-state index in [1.165, 1.54) is 25.7 Å². The lowest BCUT2D eigenvalue weighted by Gasteiger charge is -2.19. The number of carbonyl (C=O) groups is 1. The number of halogens is 1. The van der Waals surface area contributed by atoms with E-state index in [9.17, 15) is 4.79 Å². The Balaban J connectivity index is 1.52. The van der Waals surface area contributed by atoms with E-state index in [1.807, 2.05) is 0 Å². The maximum Gasteiger partial charge on any atom is 0.251 e. The highest BCUT2D eigenvalue weighted by Gasteiger charge is 2.20. The fourth-order valence-electron chi connectivity index (χ4n) is 2.89. The van der Waals surface area contributed by atoms with Crippen molar-refractivity contribution in [3.63, 3.8) is 0 Å². The van der Waals surface area contributed by atoms with Gasteiger partial charge in [0.05, 0.1) is 5.02 Å². The number of benzene rings is 1. The second kappa shape index (κ2) is 7.20. The first-order valence-corrected chi connectivity index (χ1v) is 8.21. The van der Waals surface area contributed by atoms with Crippen molar-refractivity contribution in [2.45, 2.75) is 25.7 Å². The SMILES string of the molecule is O=C(NCCN1CCCCCC1)c1cc(Cl)c2c(c1)OCO2. The number of hydrogen-bond donors (Lipinski definition) is 1. The van der Waals surface area contributed by atoms with Crippen LogP contribution in [0.25, 0.3) is 0 Å². The maximum atomic E-state index is 12.2. The molecule has 0 saturated carbocycles. The lowest BCUT2D eigenvalue weighted by atomic mass is 10.2. The highest BCUT2D eigenvalue weighted by Crippen LogP contribution is 2.39. The van der Waals surface area contributed by atoms with Crippen LogP contribution in [0.3, 0.4) is 0 Å². The maximum absolute atomic E-state index is 12.2. The van der Waals surface area contributed by atoms with Gasteiger partial charge in [0.2, 0.25) is 6.79 Å². The minimum Gasteiger partial charge on any atom is -0.454 e. The average molecular weight is 325 g/mol. The van der Waals surface area contributed by atoms with Crippen molar-refractivity contribution in [3.8, 4) is 11.5 Å². The molecule has 0 aromatic heterocycles. The van der Waals surface area contributed by atoms with Crippen molar-refractivity contribution in [2.75, 3.05) is 33.0 Å². The summed E-state index contributed by atoms with van der Waals surface area (Å²) in [7, 11) is 0. The van der Waals surface area contributed by atoms with E-state index in [4.69, 9.17) is 21.1 Å². The van der Waals surface area contributed by atoms with E-state index in [-0.39, 0.29) is 12.7 Å². The fourth-order valence-corrected chi connectivity index (χ4v) is 3.15. The highest BCUT2D eigenvalue weighted by molar-refractivity contribution is 6.32. The number of fused-ring (bicyclic) bond motifs is 1. The van der Waals surface area contributed by atoms with Gasteiger partial charge in [0, 0.05) is 18.7 Å². The zero-order chi connectivity index (χ0) is 15.4. The number of nitrogens with one attached hydrogen (secondary N) is 1. The Kier molecular flexibility index (Phi) is 5.05. The van der Waals surface area contributed by atoms with E-state index in [0.29, 0.717) is 28.6 Å². The van der Waals surface area contributed by atoms with Gasteiger partial charge in [0.25, 0.3) is 5.91 Å². The van der Waals surface area contributed by atoms with Gasteiger partial charge in [-0.15, -0.1) is 0 Å². The molecule has 1 fully saturated rings. The molecule has 22 heavy (non-hydrogen) atoms. The van der Waals surface area contributed by atoms with Crippen LogP contribution in [0.4, 0.5) is 0 Å². The standard InChI is InChI=1S/C16H21ClN2O3/c17-13-9-12(10-14-15(13)22-11-21-14)16(20)18-5-8-19-6-3-1-2-4-7-19/h9-10H,1-8,11H2,(H,18,20). The summed E-state index contributed by atoms with van der Waals surface area (Å²) in [6.45, 7) is 3.95. The Morgan fingerprint density at radius 3 is 2.73 bits per heavy atom. The molecule has 0 radical (unpaired) electrons. The molecule has 2 heterocycles. The van der Waals surface area contributed by atoms with Gasteiger partial charge in [0.15, 0.2) is 11.5 Å². The predicted octanol–water partition coefficient (Wildman–Crippen LogP) is 2.67. The Morgan fingerprint density at radius 1 is 1.18 bits per heavy atom. The summed E-state index contributed by atoms with van der Waals surface area (Å²) in [6, 6.07) is 3.30. The largest absolute Gasteiger partial charge is 0.454 e. The van der Waals surface area contributed by atoms with Crippen LogP contribution >= 0.6 is 11.6 Å². The number of amides is 1. The molecule has 1 aromatic rings. The van der Waals surface area contributed by atoms with Gasteiger partial charge in [-0.25, -0.2) is 0 Å². The summed E-state index contributed by atoms with van der Waals surface area (Å²) >= 11 is 6.10. The van der Waals surface area contributed by atoms with Crippen LogP contribution < -0.4 is 14.8 Å². The highest BCUT2D eigenvalue weighted by atomic mass is 35.5. The molecule has 0 bridgehead atoms. The van der Waals surface area contributed by atoms with Crippen LogP contribution in [0.5, 0.6) is 11.5 Å². The van der Waals surface area contributed by atoms with Gasteiger partial charge < -0.3 is 19.7 Å². The van der Waals surface area contributed by atoms with Crippen molar-refractivity contribution in [3.05, 3.63) is 22.7 Å². The summed E-state index contributed by atoms with van der Waals surface area (Å²) in [5, 5.41) is 3.36. The molecule has 0 atom stereocenters. The molecule has 0 unspecified atom stereocenters. The molecule has 0 spiro atoms. The minimum atomic E-state index is -0.130. The van der Waals surface area contributed by atoms with Gasteiger partial charge in [0.1, 0.15) is 0 Å². The van der Waals surface area contributed by atoms with Gasteiger partial charge in [-0.1, -0.05) is 24.4 Å². The average Bonchev–Trinajstić information content (AvgIpc) is 2.84. The first-order valence-electron chi connectivity index (χ1n) is 7.84. The zero-order valence-corrected chi connectivity index (χ0v) is 13.3. The van der Waals surface area contributed by atoms with Gasteiger partial charge in [-0.05, 0) is 38.1 Å². The molecule has 6 heteroatoms. The number of nitrogens with zero attached hydrogens (tertiary/aromatic N) is 1. The fraction of sp³-hybridized carbons (Fsp3) is 0.562. The lowest BCUT2D eigenvalue weighted by Crippen LogP contribution is -2.35. The smallest absolute Gasteiger partial charge is 0.251 e. The number of carbonyl (C=O) groups excluding carboxylic acids is 1. The van der Waals surface area contributed by atoms with E-state index in [2.05, 4.69) is 10.2 Å². The van der Waals surface area contributed by atoms with E-state index in [0.717, 1.165) is 19.6 Å². The second-order valence-electron chi connectivity index (χ2n) is 5.70. The molecule has 3 rings (SSSR count). The minimum absolute atomic E-state index is 0.130. The molecule has 1 saturated heterocycles. The van der Waals surface area contributed by atoms with Crippen LogP contribution in [0.2, 0.25) is 5.02 Å². The van der Waals surface area contributed by atoms with Crippen LogP contribution in [0.1, 0.15) is 36.0 Å². The number of likely N-dealkylation sites (tertiary alicyclic amines) is 1. The quantitative estimate of drug-likeness (QED) is 0.925. The molecule has 0 aliphatic carbocycles. The van der Waals surface area contributed by atoms with E-state index >= 15 is 0 Å². The number of ether oxygens (including phenoxy) is 2.